The summed E-state index contributed by atoms with van der Waals surface area (Å²) < 4.78 is 6.61. The molecule has 9 heteroatoms. The lowest BCUT2D eigenvalue weighted by Gasteiger charge is -2.25. The monoisotopic (exact) mass is 583 g/mol. The lowest BCUT2D eigenvalue weighted by atomic mass is 9.98. The highest BCUT2D eigenvalue weighted by Gasteiger charge is 2.32. The summed E-state index contributed by atoms with van der Waals surface area (Å²) in [7, 11) is 0. The molecule has 1 aliphatic heterocycles. The van der Waals surface area contributed by atoms with Gasteiger partial charge in [0.05, 0.1) is 17.2 Å². The third-order valence-corrected chi connectivity index (χ3v) is 8.90. The Morgan fingerprint density at radius 2 is 1.83 bits per heavy atom. The molecule has 2 aromatic carbocycles. The number of nitrogens with zero attached hydrogens (tertiary/aromatic N) is 4. The molecule has 1 N–H and O–H groups in total. The van der Waals surface area contributed by atoms with Crippen molar-refractivity contribution in [2.24, 2.45) is 0 Å². The Morgan fingerprint density at radius 3 is 2.48 bits per heavy atom. The van der Waals surface area contributed by atoms with Crippen LogP contribution in [-0.2, 0) is 19.4 Å². The Balaban J connectivity index is 1.33. The minimum Gasteiger partial charge on any atom is -0.363 e. The second kappa shape index (κ2) is 12.2. The molecule has 2 aromatic heterocycles. The number of aromatic nitrogens is 4. The van der Waals surface area contributed by atoms with Crippen molar-refractivity contribution in [3.63, 3.8) is 0 Å². The average molecular weight is 584 g/mol. The second-order valence-electron chi connectivity index (χ2n) is 11.6. The van der Waals surface area contributed by atoms with E-state index in [2.05, 4.69) is 41.0 Å². The first-order chi connectivity index (χ1) is 20.4. The molecule has 1 saturated heterocycles. The van der Waals surface area contributed by atoms with Gasteiger partial charge in [0, 0.05) is 42.5 Å². The maximum absolute atomic E-state index is 14.2. The van der Waals surface area contributed by atoms with E-state index in [-0.39, 0.29) is 5.56 Å². The summed E-state index contributed by atoms with van der Waals surface area (Å²) in [6.45, 7) is 5.81. The zero-order valence-corrected chi connectivity index (χ0v) is 25.1. The first-order valence-corrected chi connectivity index (χ1v) is 15.5. The molecule has 0 bridgehead atoms. The van der Waals surface area contributed by atoms with Crippen LogP contribution in [-0.4, -0.2) is 42.2 Å². The molecule has 0 spiro atoms. The van der Waals surface area contributed by atoms with Gasteiger partial charge in [0.2, 0.25) is 0 Å². The smallest absolute Gasteiger partial charge is 0.363 e. The molecule has 4 aromatic rings. The number of aryl methyl sites for hydroxylation is 1. The third kappa shape index (κ3) is 5.88. The van der Waals surface area contributed by atoms with Gasteiger partial charge in [-0.15, -0.1) is 0 Å². The van der Waals surface area contributed by atoms with Gasteiger partial charge in [-0.25, -0.2) is 9.78 Å². The summed E-state index contributed by atoms with van der Waals surface area (Å²) in [6, 6.07) is 16.4. The number of benzene rings is 2. The van der Waals surface area contributed by atoms with Crippen LogP contribution in [0, 0.1) is 0 Å². The van der Waals surface area contributed by atoms with E-state index in [0.717, 1.165) is 95.8 Å². The highest BCUT2D eigenvalue weighted by Crippen LogP contribution is 2.40. The molecule has 1 saturated carbocycles. The van der Waals surface area contributed by atoms with Crippen LogP contribution in [0.3, 0.4) is 0 Å². The van der Waals surface area contributed by atoms with Crippen molar-refractivity contribution in [3.05, 3.63) is 92.1 Å². The molecule has 1 atom stereocenters. The van der Waals surface area contributed by atoms with Gasteiger partial charge in [-0.1, -0.05) is 79.3 Å². The van der Waals surface area contributed by atoms with E-state index >= 15 is 0 Å². The predicted molar refractivity (Wildman–Crippen MR) is 168 cm³/mol. The number of likely N-dealkylation sites (tertiary alicyclic amines) is 1. The SMILES string of the molecule is CCCCc1nc(C2CC2)c(CC(=S)N2CCC[C@@H]2C)c(=O)n1Cc1ccc(-c2ccccc2-c2noc(=O)[nH]2)cc1. The van der Waals surface area contributed by atoms with Crippen molar-refractivity contribution < 1.29 is 4.52 Å². The summed E-state index contributed by atoms with van der Waals surface area (Å²) in [5.41, 5.74) is 5.53. The predicted octanol–water partition coefficient (Wildman–Crippen LogP) is 5.88. The van der Waals surface area contributed by atoms with Crippen molar-refractivity contribution in [1.82, 2.24) is 24.6 Å². The molecule has 0 unspecified atom stereocenters. The fraction of sp³-hybridized carbons (Fsp3) is 0.424. The van der Waals surface area contributed by atoms with E-state index in [1.807, 2.05) is 41.0 Å². The van der Waals surface area contributed by atoms with Crippen molar-refractivity contribution >= 4 is 17.2 Å². The van der Waals surface area contributed by atoms with Crippen LogP contribution < -0.4 is 11.3 Å². The summed E-state index contributed by atoms with van der Waals surface area (Å²) in [6.07, 6.45) is 7.77. The largest absolute Gasteiger partial charge is 0.439 e. The molecule has 8 nitrogen and oxygen atoms in total. The van der Waals surface area contributed by atoms with Crippen LogP contribution in [0.25, 0.3) is 22.5 Å². The summed E-state index contributed by atoms with van der Waals surface area (Å²) in [4.78, 5) is 36.8. The van der Waals surface area contributed by atoms with E-state index in [1.54, 1.807) is 0 Å². The molecular formula is C33H37N5O3S. The second-order valence-corrected chi connectivity index (χ2v) is 12.1. The van der Waals surface area contributed by atoms with Gasteiger partial charge in [-0.2, -0.15) is 0 Å². The first kappa shape index (κ1) is 28.3. The molecule has 2 aliphatic rings. The van der Waals surface area contributed by atoms with Crippen LogP contribution in [0.5, 0.6) is 0 Å². The number of nitrogens with one attached hydrogen (secondary N) is 1. The standard InChI is InChI=1S/C33H37N5O3S/c1-3-4-11-28-34-30(24-16-17-24)27(19-29(42)37-18-7-8-21(37)2)32(39)38(28)20-22-12-14-23(15-13-22)25-9-5-6-10-26(25)31-35-33(40)41-36-31/h5-6,9-10,12-15,21,24H,3-4,7-8,11,16-20H2,1-2H3,(H,35,36,40)/t21-/m0/s1. The van der Waals surface area contributed by atoms with Gasteiger partial charge in [-0.05, 0) is 55.7 Å². The Kier molecular flexibility index (Phi) is 8.20. The molecule has 3 heterocycles. The number of aromatic amines is 1. The van der Waals surface area contributed by atoms with Gasteiger partial charge < -0.3 is 4.90 Å². The van der Waals surface area contributed by atoms with Gasteiger partial charge >= 0.3 is 5.76 Å². The lowest BCUT2D eigenvalue weighted by molar-refractivity contribution is 0.388. The number of thiocarbonyl (C=S) groups is 1. The Hall–Kier alpha value is -3.85. The van der Waals surface area contributed by atoms with Crippen molar-refractivity contribution in [3.8, 4) is 22.5 Å². The fourth-order valence-corrected chi connectivity index (χ4v) is 6.44. The van der Waals surface area contributed by atoms with E-state index < -0.39 is 5.76 Å². The zero-order chi connectivity index (χ0) is 29.2. The number of hydrogen-bond acceptors (Lipinski definition) is 6. The molecule has 0 radical (unpaired) electrons. The molecule has 42 heavy (non-hydrogen) atoms. The van der Waals surface area contributed by atoms with Crippen LogP contribution in [0.15, 0.2) is 62.6 Å². The Labute approximate surface area is 250 Å². The van der Waals surface area contributed by atoms with Gasteiger partial charge in [0.15, 0.2) is 5.82 Å². The molecule has 0 amide bonds. The highest BCUT2D eigenvalue weighted by atomic mass is 32.1. The van der Waals surface area contributed by atoms with Crippen LogP contribution in [0.1, 0.15) is 80.9 Å². The molecular weight excluding hydrogens is 546 g/mol. The van der Waals surface area contributed by atoms with Gasteiger partial charge in [-0.3, -0.25) is 18.9 Å². The van der Waals surface area contributed by atoms with Gasteiger partial charge in [0.1, 0.15) is 5.82 Å². The number of H-pyrrole nitrogens is 1. The Bertz CT molecular complexity index is 1700. The van der Waals surface area contributed by atoms with E-state index in [0.29, 0.717) is 30.7 Å². The van der Waals surface area contributed by atoms with Crippen LogP contribution in [0.2, 0.25) is 0 Å². The quantitative estimate of drug-likeness (QED) is 0.233. The minimum absolute atomic E-state index is 0.0524. The van der Waals surface area contributed by atoms with Crippen molar-refractivity contribution in [1.29, 1.82) is 0 Å². The van der Waals surface area contributed by atoms with Crippen molar-refractivity contribution in [2.45, 2.75) is 83.7 Å². The maximum Gasteiger partial charge on any atom is 0.439 e. The average Bonchev–Trinajstić information content (AvgIpc) is 3.61. The highest BCUT2D eigenvalue weighted by molar-refractivity contribution is 7.80. The first-order valence-electron chi connectivity index (χ1n) is 15.1. The minimum atomic E-state index is -0.587. The Morgan fingerprint density at radius 1 is 1.07 bits per heavy atom. The summed E-state index contributed by atoms with van der Waals surface area (Å²) >= 11 is 5.90. The third-order valence-electron chi connectivity index (χ3n) is 8.52. The zero-order valence-electron chi connectivity index (χ0n) is 24.3. The normalized spacial score (nSPS) is 16.7. The van der Waals surface area contributed by atoms with E-state index in [4.69, 9.17) is 21.7 Å². The fourth-order valence-electron chi connectivity index (χ4n) is 6.02. The topological polar surface area (TPSA) is 97.0 Å². The summed E-state index contributed by atoms with van der Waals surface area (Å²) in [5, 5.41) is 3.87. The van der Waals surface area contributed by atoms with Crippen molar-refractivity contribution in [2.75, 3.05) is 6.54 Å². The van der Waals surface area contributed by atoms with E-state index in [1.165, 1.54) is 0 Å². The van der Waals surface area contributed by atoms with Crippen LogP contribution >= 0.6 is 12.2 Å². The number of rotatable bonds is 10. The maximum atomic E-state index is 14.2. The molecule has 218 valence electrons. The van der Waals surface area contributed by atoms with Crippen LogP contribution in [0.4, 0.5) is 0 Å². The summed E-state index contributed by atoms with van der Waals surface area (Å²) in [5.74, 6) is 1.05. The molecule has 1 aliphatic carbocycles. The number of hydrogen-bond donors (Lipinski definition) is 1. The molecule has 6 rings (SSSR count). The lowest BCUT2D eigenvalue weighted by Crippen LogP contribution is -2.37. The number of unbranched alkanes of at least 4 members (excludes halogenated alkanes) is 1. The van der Waals surface area contributed by atoms with Gasteiger partial charge in [0.25, 0.3) is 5.56 Å². The van der Waals surface area contributed by atoms with E-state index in [9.17, 15) is 9.59 Å². The molecule has 2 fully saturated rings.